The van der Waals surface area contributed by atoms with Crippen LogP contribution in [0.1, 0.15) is 10.5 Å². The number of hydrogen-bond donors (Lipinski definition) is 2. The maximum absolute atomic E-state index is 11.0. The number of nitrogens with zero attached hydrogens (tertiary/aromatic N) is 2. The Labute approximate surface area is 102 Å². The lowest BCUT2D eigenvalue weighted by molar-refractivity contribution is 0.0995. The number of primary amides is 1. The number of hydrogen-bond acceptors (Lipinski definition) is 5. The van der Waals surface area contributed by atoms with Gasteiger partial charge in [0.2, 0.25) is 0 Å². The second kappa shape index (κ2) is 4.84. The van der Waals surface area contributed by atoms with Gasteiger partial charge in [-0.05, 0) is 24.3 Å². The highest BCUT2D eigenvalue weighted by Gasteiger charge is 2.08. The highest BCUT2D eigenvalue weighted by atomic mass is 32.2. The van der Waals surface area contributed by atoms with Gasteiger partial charge in [-0.15, -0.1) is 0 Å². The van der Waals surface area contributed by atoms with Crippen molar-refractivity contribution in [3.8, 4) is 0 Å². The molecule has 0 spiro atoms. The average molecular weight is 246 g/mol. The van der Waals surface area contributed by atoms with Crippen molar-refractivity contribution in [3.63, 3.8) is 0 Å². The molecule has 0 atom stereocenters. The van der Waals surface area contributed by atoms with Gasteiger partial charge >= 0.3 is 0 Å². The molecule has 86 valence electrons. The normalized spacial score (nSPS) is 10.1. The van der Waals surface area contributed by atoms with Gasteiger partial charge in [0.1, 0.15) is 10.7 Å². The first kappa shape index (κ1) is 11.4. The topological polar surface area (TPSA) is 94.9 Å². The van der Waals surface area contributed by atoms with E-state index in [0.29, 0.717) is 10.7 Å². The van der Waals surface area contributed by atoms with E-state index < -0.39 is 5.91 Å². The third-order valence-electron chi connectivity index (χ3n) is 2.01. The highest BCUT2D eigenvalue weighted by molar-refractivity contribution is 7.99. The quantitative estimate of drug-likeness (QED) is 0.851. The Morgan fingerprint density at radius 1 is 1.18 bits per heavy atom. The van der Waals surface area contributed by atoms with Crippen molar-refractivity contribution >= 4 is 23.4 Å². The Kier molecular flexibility index (Phi) is 3.24. The van der Waals surface area contributed by atoms with Gasteiger partial charge in [-0.2, -0.15) is 0 Å². The molecular formula is C11H10N4OS. The number of carbonyl (C=O) groups is 1. The number of nitrogens with two attached hydrogens (primary N) is 2. The molecule has 17 heavy (non-hydrogen) atoms. The van der Waals surface area contributed by atoms with Crippen molar-refractivity contribution in [2.24, 2.45) is 5.73 Å². The van der Waals surface area contributed by atoms with Crippen LogP contribution in [-0.2, 0) is 0 Å². The minimum atomic E-state index is -0.568. The molecular weight excluding hydrogens is 236 g/mol. The van der Waals surface area contributed by atoms with Gasteiger partial charge in [-0.3, -0.25) is 9.78 Å². The number of rotatable bonds is 3. The predicted octanol–water partition coefficient (Wildman–Crippen LogP) is 1.31. The molecule has 1 amide bonds. The summed E-state index contributed by atoms with van der Waals surface area (Å²) in [6.45, 7) is 0. The van der Waals surface area contributed by atoms with Crippen LogP contribution in [0.25, 0.3) is 0 Å². The van der Waals surface area contributed by atoms with Gasteiger partial charge in [0.15, 0.2) is 0 Å². The summed E-state index contributed by atoms with van der Waals surface area (Å²) in [5, 5.41) is 0.563. The van der Waals surface area contributed by atoms with Gasteiger partial charge in [0, 0.05) is 17.3 Å². The van der Waals surface area contributed by atoms with Gasteiger partial charge in [-0.25, -0.2) is 4.98 Å². The van der Waals surface area contributed by atoms with E-state index in [1.165, 1.54) is 17.8 Å². The molecule has 5 nitrogen and oxygen atoms in total. The predicted molar refractivity (Wildman–Crippen MR) is 65.5 cm³/mol. The van der Waals surface area contributed by atoms with Crippen molar-refractivity contribution in [1.82, 2.24) is 9.97 Å². The van der Waals surface area contributed by atoms with E-state index in [1.54, 1.807) is 18.5 Å². The SMILES string of the molecule is NC(=O)c1ccc(N)c(Sc2ccncc2)n1. The zero-order valence-corrected chi connectivity index (χ0v) is 9.65. The molecule has 6 heteroatoms. The summed E-state index contributed by atoms with van der Waals surface area (Å²) in [5.74, 6) is -0.568. The van der Waals surface area contributed by atoms with E-state index in [1.807, 2.05) is 12.1 Å². The number of nitrogen functional groups attached to an aromatic ring is 1. The fraction of sp³-hybridized carbons (Fsp3) is 0. The highest BCUT2D eigenvalue weighted by Crippen LogP contribution is 2.29. The molecule has 0 bridgehead atoms. The Balaban J connectivity index is 2.32. The number of aromatic nitrogens is 2. The molecule has 0 aromatic carbocycles. The van der Waals surface area contributed by atoms with E-state index in [-0.39, 0.29) is 5.69 Å². The van der Waals surface area contributed by atoms with Crippen molar-refractivity contribution < 1.29 is 4.79 Å². The van der Waals surface area contributed by atoms with Crippen LogP contribution in [0.15, 0.2) is 46.6 Å². The summed E-state index contributed by atoms with van der Waals surface area (Å²) in [6, 6.07) is 6.80. The molecule has 2 rings (SSSR count). The van der Waals surface area contributed by atoms with E-state index in [9.17, 15) is 4.79 Å². The molecule has 0 aliphatic heterocycles. The van der Waals surface area contributed by atoms with Gasteiger partial charge in [0.25, 0.3) is 5.91 Å². The molecule has 2 aromatic rings. The average Bonchev–Trinajstić information content (AvgIpc) is 2.33. The molecule has 0 saturated heterocycles. The second-order valence-electron chi connectivity index (χ2n) is 3.24. The molecule has 0 aliphatic carbocycles. The summed E-state index contributed by atoms with van der Waals surface area (Å²) < 4.78 is 0. The van der Waals surface area contributed by atoms with Crippen LogP contribution in [0.3, 0.4) is 0 Å². The fourth-order valence-corrected chi connectivity index (χ4v) is 2.00. The van der Waals surface area contributed by atoms with Crippen LogP contribution in [0.4, 0.5) is 5.69 Å². The molecule has 0 unspecified atom stereocenters. The minimum Gasteiger partial charge on any atom is -0.397 e. The largest absolute Gasteiger partial charge is 0.397 e. The maximum atomic E-state index is 11.0. The van der Waals surface area contributed by atoms with Gasteiger partial charge < -0.3 is 11.5 Å². The molecule has 0 aliphatic rings. The lowest BCUT2D eigenvalue weighted by Crippen LogP contribution is -2.13. The lowest BCUT2D eigenvalue weighted by atomic mass is 10.3. The molecule has 0 fully saturated rings. The van der Waals surface area contributed by atoms with Crippen LogP contribution in [0.5, 0.6) is 0 Å². The minimum absolute atomic E-state index is 0.204. The van der Waals surface area contributed by atoms with E-state index in [4.69, 9.17) is 11.5 Å². The Bertz CT molecular complexity index is 544. The fourth-order valence-electron chi connectivity index (χ4n) is 1.19. The Morgan fingerprint density at radius 3 is 2.53 bits per heavy atom. The third-order valence-corrected chi connectivity index (χ3v) is 3.03. The summed E-state index contributed by atoms with van der Waals surface area (Å²) in [5.41, 5.74) is 11.7. The van der Waals surface area contributed by atoms with Crippen molar-refractivity contribution in [2.45, 2.75) is 9.92 Å². The van der Waals surface area contributed by atoms with Crippen LogP contribution in [0, 0.1) is 0 Å². The lowest BCUT2D eigenvalue weighted by Gasteiger charge is -2.05. The molecule has 2 heterocycles. The zero-order valence-electron chi connectivity index (χ0n) is 8.83. The van der Waals surface area contributed by atoms with Crippen molar-refractivity contribution in [1.29, 1.82) is 0 Å². The summed E-state index contributed by atoms with van der Waals surface area (Å²) in [4.78, 5) is 20.0. The van der Waals surface area contributed by atoms with Crippen LogP contribution in [0.2, 0.25) is 0 Å². The van der Waals surface area contributed by atoms with Crippen LogP contribution < -0.4 is 11.5 Å². The first-order chi connectivity index (χ1) is 8.16. The number of anilines is 1. The van der Waals surface area contributed by atoms with E-state index in [2.05, 4.69) is 9.97 Å². The maximum Gasteiger partial charge on any atom is 0.267 e. The number of amides is 1. The third kappa shape index (κ3) is 2.73. The van der Waals surface area contributed by atoms with Crippen molar-refractivity contribution in [2.75, 3.05) is 5.73 Å². The van der Waals surface area contributed by atoms with Gasteiger partial charge in [-0.1, -0.05) is 11.8 Å². The summed E-state index contributed by atoms with van der Waals surface area (Å²) >= 11 is 1.36. The number of carbonyl (C=O) groups excluding carboxylic acids is 1. The standard InChI is InChI=1S/C11H10N4OS/c12-8-1-2-9(10(13)16)15-11(8)17-7-3-5-14-6-4-7/h1-6H,12H2,(H2,13,16). The molecule has 0 radical (unpaired) electrons. The monoisotopic (exact) mass is 246 g/mol. The Morgan fingerprint density at radius 2 is 1.88 bits per heavy atom. The molecule has 4 N–H and O–H groups in total. The smallest absolute Gasteiger partial charge is 0.267 e. The van der Waals surface area contributed by atoms with E-state index >= 15 is 0 Å². The van der Waals surface area contributed by atoms with Crippen molar-refractivity contribution in [3.05, 3.63) is 42.4 Å². The van der Waals surface area contributed by atoms with Crippen LogP contribution >= 0.6 is 11.8 Å². The van der Waals surface area contributed by atoms with Crippen LogP contribution in [-0.4, -0.2) is 15.9 Å². The Hall–Kier alpha value is -2.08. The zero-order chi connectivity index (χ0) is 12.3. The number of pyridine rings is 2. The first-order valence-corrected chi connectivity index (χ1v) is 5.62. The second-order valence-corrected chi connectivity index (χ2v) is 4.30. The van der Waals surface area contributed by atoms with E-state index in [0.717, 1.165) is 4.90 Å². The summed E-state index contributed by atoms with van der Waals surface area (Å²) in [7, 11) is 0. The first-order valence-electron chi connectivity index (χ1n) is 4.81. The molecule has 2 aromatic heterocycles. The summed E-state index contributed by atoms with van der Waals surface area (Å²) in [6.07, 6.45) is 3.35. The van der Waals surface area contributed by atoms with Gasteiger partial charge in [0.05, 0.1) is 5.69 Å². The molecule has 0 saturated carbocycles.